The average Bonchev–Trinajstić information content (AvgIpc) is 2.75. The molecule has 0 N–H and O–H groups in total. The molecule has 8 nitrogen and oxygen atoms in total. The Labute approximate surface area is 183 Å². The van der Waals surface area contributed by atoms with Gasteiger partial charge in [-0.15, -0.1) is 0 Å². The number of nitro groups is 2. The van der Waals surface area contributed by atoms with Gasteiger partial charge in [-0.1, -0.05) is 66.5 Å². The third-order valence-corrected chi connectivity index (χ3v) is 6.16. The molecule has 1 saturated heterocycles. The molecule has 0 atom stereocenters. The first-order valence-electron chi connectivity index (χ1n) is 9.27. The van der Waals surface area contributed by atoms with E-state index in [1.165, 1.54) is 17.7 Å². The summed E-state index contributed by atoms with van der Waals surface area (Å²) < 4.78 is 0.534. The molecule has 0 aliphatic carbocycles. The van der Waals surface area contributed by atoms with E-state index < -0.39 is 9.85 Å². The number of benzene rings is 2. The van der Waals surface area contributed by atoms with Crippen LogP contribution in [0, 0.1) is 20.2 Å². The number of thiocarbonyl (C=S) groups is 1. The van der Waals surface area contributed by atoms with E-state index in [0.29, 0.717) is 9.22 Å². The summed E-state index contributed by atoms with van der Waals surface area (Å²) in [4.78, 5) is 25.6. The van der Waals surface area contributed by atoms with Gasteiger partial charge in [0.15, 0.2) is 0 Å². The zero-order valence-electron chi connectivity index (χ0n) is 16.0. The Balaban J connectivity index is 1.54. The van der Waals surface area contributed by atoms with Gasteiger partial charge < -0.3 is 4.90 Å². The van der Waals surface area contributed by atoms with E-state index in [0.717, 1.165) is 50.6 Å². The predicted molar refractivity (Wildman–Crippen MR) is 122 cm³/mol. The van der Waals surface area contributed by atoms with Gasteiger partial charge in [0.05, 0.1) is 20.8 Å². The van der Waals surface area contributed by atoms with Crippen LogP contribution >= 0.6 is 24.0 Å². The number of nitrogens with zero attached hydrogens (tertiary/aromatic N) is 4. The lowest BCUT2D eigenvalue weighted by atomic mass is 10.2. The van der Waals surface area contributed by atoms with Crippen LogP contribution in [0.3, 0.4) is 0 Å². The summed E-state index contributed by atoms with van der Waals surface area (Å²) in [5.74, 6) is 0. The van der Waals surface area contributed by atoms with Crippen LogP contribution in [0.25, 0.3) is 6.08 Å². The van der Waals surface area contributed by atoms with E-state index in [2.05, 4.69) is 29.2 Å². The highest BCUT2D eigenvalue weighted by Crippen LogP contribution is 2.34. The van der Waals surface area contributed by atoms with Gasteiger partial charge in [0.25, 0.3) is 11.4 Å². The minimum Gasteiger partial charge on any atom is -0.355 e. The van der Waals surface area contributed by atoms with Crippen molar-refractivity contribution in [3.8, 4) is 0 Å². The Morgan fingerprint density at radius 3 is 2.37 bits per heavy atom. The minimum atomic E-state index is -0.648. The van der Waals surface area contributed by atoms with Crippen molar-refractivity contribution < 1.29 is 9.85 Å². The molecule has 1 aliphatic rings. The van der Waals surface area contributed by atoms with Gasteiger partial charge >= 0.3 is 0 Å². The van der Waals surface area contributed by atoms with Crippen molar-refractivity contribution in [3.05, 3.63) is 80.4 Å². The zero-order chi connectivity index (χ0) is 21.5. The first-order chi connectivity index (χ1) is 14.4. The second-order valence-electron chi connectivity index (χ2n) is 6.63. The third kappa shape index (κ3) is 5.85. The van der Waals surface area contributed by atoms with Gasteiger partial charge in [-0.2, -0.15) is 0 Å². The molecule has 3 rings (SSSR count). The van der Waals surface area contributed by atoms with Crippen LogP contribution in [0.1, 0.15) is 5.56 Å². The molecule has 2 aromatic carbocycles. The summed E-state index contributed by atoms with van der Waals surface area (Å²) in [5.41, 5.74) is 0.550. The van der Waals surface area contributed by atoms with Crippen molar-refractivity contribution in [1.82, 2.24) is 9.80 Å². The summed E-state index contributed by atoms with van der Waals surface area (Å²) >= 11 is 6.58. The lowest BCUT2D eigenvalue weighted by Gasteiger charge is -2.35. The van der Waals surface area contributed by atoms with Gasteiger partial charge in [-0.05, 0) is 11.6 Å². The van der Waals surface area contributed by atoms with E-state index in [4.69, 9.17) is 12.2 Å². The second kappa shape index (κ2) is 10.3. The Morgan fingerprint density at radius 1 is 1.03 bits per heavy atom. The van der Waals surface area contributed by atoms with Crippen molar-refractivity contribution in [3.63, 3.8) is 0 Å². The van der Waals surface area contributed by atoms with Gasteiger partial charge in [0.1, 0.15) is 4.32 Å². The van der Waals surface area contributed by atoms with Crippen molar-refractivity contribution in [1.29, 1.82) is 0 Å². The highest BCUT2D eigenvalue weighted by Gasteiger charge is 2.24. The first-order valence-corrected chi connectivity index (χ1v) is 10.5. The molecule has 0 spiro atoms. The molecule has 1 heterocycles. The zero-order valence-corrected chi connectivity index (χ0v) is 17.7. The SMILES string of the molecule is O=[N+]([O-])c1ccc(SC(=S)N2CCN(C/C=C/c3ccccc3)CC2)c([N+](=O)[O-])c1. The lowest BCUT2D eigenvalue weighted by Crippen LogP contribution is -2.47. The van der Waals surface area contributed by atoms with Crippen LogP contribution in [0.5, 0.6) is 0 Å². The van der Waals surface area contributed by atoms with Crippen molar-refractivity contribution in [2.75, 3.05) is 32.7 Å². The summed E-state index contributed by atoms with van der Waals surface area (Å²) in [6, 6.07) is 13.7. The largest absolute Gasteiger partial charge is 0.355 e. The van der Waals surface area contributed by atoms with Crippen LogP contribution in [-0.4, -0.2) is 56.7 Å². The fourth-order valence-corrected chi connectivity index (χ4v) is 4.35. The fourth-order valence-electron chi connectivity index (χ4n) is 3.02. The normalized spacial score (nSPS) is 14.7. The second-order valence-corrected chi connectivity index (χ2v) is 8.31. The molecule has 0 bridgehead atoms. The molecule has 0 radical (unpaired) electrons. The Kier molecular flexibility index (Phi) is 7.50. The number of piperazine rings is 1. The molecular formula is C20H20N4O4S2. The molecule has 1 aliphatic heterocycles. The third-order valence-electron chi connectivity index (χ3n) is 4.65. The number of rotatable bonds is 6. The lowest BCUT2D eigenvalue weighted by molar-refractivity contribution is -0.396. The van der Waals surface area contributed by atoms with Crippen molar-refractivity contribution in [2.45, 2.75) is 4.90 Å². The summed E-state index contributed by atoms with van der Waals surface area (Å²) in [6.07, 6.45) is 4.24. The monoisotopic (exact) mass is 444 g/mol. The quantitative estimate of drug-likeness (QED) is 0.283. The number of thioether (sulfide) groups is 1. The van der Waals surface area contributed by atoms with E-state index in [1.54, 1.807) is 0 Å². The highest BCUT2D eigenvalue weighted by molar-refractivity contribution is 8.23. The molecular weight excluding hydrogens is 424 g/mol. The topological polar surface area (TPSA) is 92.8 Å². The Hall–Kier alpha value is -2.82. The maximum Gasteiger partial charge on any atom is 0.290 e. The number of non-ortho nitro benzene ring substituents is 1. The molecule has 0 amide bonds. The van der Waals surface area contributed by atoms with Crippen LogP contribution in [0.2, 0.25) is 0 Å². The van der Waals surface area contributed by atoms with Gasteiger partial charge in [0.2, 0.25) is 0 Å². The van der Waals surface area contributed by atoms with E-state index in [-0.39, 0.29) is 11.4 Å². The van der Waals surface area contributed by atoms with Crippen LogP contribution in [0.15, 0.2) is 59.5 Å². The van der Waals surface area contributed by atoms with Crippen LogP contribution < -0.4 is 0 Å². The van der Waals surface area contributed by atoms with Crippen LogP contribution in [0.4, 0.5) is 11.4 Å². The Bertz CT molecular complexity index is 961. The van der Waals surface area contributed by atoms with Gasteiger partial charge in [0, 0.05) is 38.8 Å². The molecule has 0 unspecified atom stereocenters. The molecule has 0 aromatic heterocycles. The van der Waals surface area contributed by atoms with Gasteiger partial charge in [-0.3, -0.25) is 25.1 Å². The van der Waals surface area contributed by atoms with E-state index in [9.17, 15) is 20.2 Å². The average molecular weight is 445 g/mol. The maximum atomic E-state index is 11.3. The summed E-state index contributed by atoms with van der Waals surface area (Å²) in [6.45, 7) is 3.97. The standard InChI is InChI=1S/C20H20N4O4S2/c25-23(26)17-8-9-19(18(15-17)24(27)28)30-20(29)22-13-11-21(12-14-22)10-4-7-16-5-2-1-3-6-16/h1-9,15H,10-14H2/b7-4+. The predicted octanol–water partition coefficient (Wildman–Crippen LogP) is 4.21. The highest BCUT2D eigenvalue weighted by atomic mass is 32.2. The van der Waals surface area contributed by atoms with E-state index >= 15 is 0 Å². The minimum absolute atomic E-state index is 0.304. The molecule has 1 fully saturated rings. The van der Waals surface area contributed by atoms with Crippen molar-refractivity contribution >= 4 is 45.8 Å². The Morgan fingerprint density at radius 2 is 1.73 bits per heavy atom. The number of nitro benzene ring substituents is 2. The number of hydrogen-bond acceptors (Lipinski definition) is 7. The van der Waals surface area contributed by atoms with Crippen LogP contribution in [-0.2, 0) is 0 Å². The van der Waals surface area contributed by atoms with Crippen molar-refractivity contribution in [2.24, 2.45) is 0 Å². The maximum absolute atomic E-state index is 11.3. The fraction of sp³-hybridized carbons (Fsp3) is 0.250. The molecule has 30 heavy (non-hydrogen) atoms. The molecule has 2 aromatic rings. The molecule has 10 heteroatoms. The number of hydrogen-bond donors (Lipinski definition) is 0. The first kappa shape index (κ1) is 21.9. The smallest absolute Gasteiger partial charge is 0.290 e. The molecule has 156 valence electrons. The summed E-state index contributed by atoms with van der Waals surface area (Å²) in [7, 11) is 0. The van der Waals surface area contributed by atoms with E-state index in [1.807, 2.05) is 23.1 Å². The summed E-state index contributed by atoms with van der Waals surface area (Å²) in [5, 5.41) is 22.2. The molecule has 0 saturated carbocycles. The van der Waals surface area contributed by atoms with Gasteiger partial charge in [-0.25, -0.2) is 0 Å².